The Labute approximate surface area is 167 Å². The van der Waals surface area contributed by atoms with E-state index >= 15 is 0 Å². The molecule has 0 radical (unpaired) electrons. The summed E-state index contributed by atoms with van der Waals surface area (Å²) < 4.78 is 0. The van der Waals surface area contributed by atoms with Crippen molar-refractivity contribution in [2.75, 3.05) is 18.1 Å². The fourth-order valence-electron chi connectivity index (χ4n) is 4.00. The van der Waals surface area contributed by atoms with Crippen LogP contribution in [0.2, 0.25) is 0 Å². The molecular formula is C21H21N3O3S. The molecule has 1 fully saturated rings. The predicted molar refractivity (Wildman–Crippen MR) is 108 cm³/mol. The molecule has 2 aromatic carbocycles. The third-order valence-electron chi connectivity index (χ3n) is 5.31. The Balaban J connectivity index is 1.53. The van der Waals surface area contributed by atoms with Gasteiger partial charge in [-0.1, -0.05) is 30.3 Å². The molecule has 28 heavy (non-hydrogen) atoms. The Hall–Kier alpha value is -2.80. The van der Waals surface area contributed by atoms with Gasteiger partial charge in [-0.05, 0) is 54.8 Å². The van der Waals surface area contributed by atoms with Gasteiger partial charge in [0, 0.05) is 10.6 Å². The largest absolute Gasteiger partial charge is 0.325 e. The Kier molecular flexibility index (Phi) is 4.85. The van der Waals surface area contributed by atoms with Gasteiger partial charge in [0.15, 0.2) is 0 Å². The van der Waals surface area contributed by atoms with Gasteiger partial charge in [0.1, 0.15) is 12.1 Å². The van der Waals surface area contributed by atoms with E-state index in [9.17, 15) is 14.4 Å². The fourth-order valence-corrected chi connectivity index (χ4v) is 4.46. The average molecular weight is 395 g/mol. The van der Waals surface area contributed by atoms with Crippen LogP contribution in [0.1, 0.15) is 24.0 Å². The number of rotatable bonds is 4. The molecule has 6 nitrogen and oxygen atoms in total. The second kappa shape index (κ2) is 7.31. The summed E-state index contributed by atoms with van der Waals surface area (Å²) in [6.07, 6.45) is 4.19. The van der Waals surface area contributed by atoms with Crippen LogP contribution in [0.25, 0.3) is 0 Å². The van der Waals surface area contributed by atoms with Crippen molar-refractivity contribution in [1.82, 2.24) is 10.2 Å². The van der Waals surface area contributed by atoms with Crippen molar-refractivity contribution in [3.63, 3.8) is 0 Å². The van der Waals surface area contributed by atoms with Gasteiger partial charge in [-0.2, -0.15) is 0 Å². The van der Waals surface area contributed by atoms with Crippen LogP contribution in [0.15, 0.2) is 53.4 Å². The second-order valence-corrected chi connectivity index (χ2v) is 7.90. The number of thioether (sulfide) groups is 1. The Morgan fingerprint density at radius 1 is 1.21 bits per heavy atom. The Bertz CT molecular complexity index is 961. The molecule has 4 amide bonds. The lowest BCUT2D eigenvalue weighted by Gasteiger charge is -2.33. The number of fused-ring (bicyclic) bond motifs is 2. The molecule has 0 saturated carbocycles. The smallest absolute Gasteiger partial charge is 0.324 e. The van der Waals surface area contributed by atoms with Crippen molar-refractivity contribution in [2.45, 2.75) is 29.7 Å². The van der Waals surface area contributed by atoms with Gasteiger partial charge < -0.3 is 10.6 Å². The number of aryl methyl sites for hydroxylation is 1. The van der Waals surface area contributed by atoms with E-state index in [1.807, 2.05) is 48.7 Å². The number of carbonyl (C=O) groups excluding carboxylic acids is 3. The van der Waals surface area contributed by atoms with Crippen LogP contribution in [0, 0.1) is 0 Å². The maximum Gasteiger partial charge on any atom is 0.325 e. The molecule has 0 aromatic heterocycles. The zero-order chi connectivity index (χ0) is 19.7. The van der Waals surface area contributed by atoms with Crippen molar-refractivity contribution in [3.05, 3.63) is 59.7 Å². The molecule has 2 N–H and O–H groups in total. The van der Waals surface area contributed by atoms with E-state index in [2.05, 4.69) is 10.6 Å². The first-order valence-electron chi connectivity index (χ1n) is 9.20. The monoisotopic (exact) mass is 395 g/mol. The minimum Gasteiger partial charge on any atom is -0.324 e. The number of urea groups is 1. The fraction of sp³-hybridized carbons (Fsp3) is 0.286. The normalized spacial score (nSPS) is 20.8. The molecule has 2 aliphatic rings. The van der Waals surface area contributed by atoms with Gasteiger partial charge in [0.25, 0.3) is 5.91 Å². The molecule has 1 saturated heterocycles. The number of imide groups is 1. The third-order valence-corrected chi connectivity index (χ3v) is 6.03. The molecule has 1 aliphatic heterocycles. The lowest BCUT2D eigenvalue weighted by atomic mass is 9.76. The highest BCUT2D eigenvalue weighted by Gasteiger charge is 2.54. The molecule has 1 unspecified atom stereocenters. The maximum atomic E-state index is 13.2. The Morgan fingerprint density at radius 2 is 2.04 bits per heavy atom. The highest BCUT2D eigenvalue weighted by molar-refractivity contribution is 7.98. The lowest BCUT2D eigenvalue weighted by Crippen LogP contribution is -2.47. The summed E-state index contributed by atoms with van der Waals surface area (Å²) in [6.45, 7) is -0.307. The number of nitrogens with zero attached hydrogens (tertiary/aromatic N) is 1. The number of anilines is 1. The highest BCUT2D eigenvalue weighted by Crippen LogP contribution is 2.39. The van der Waals surface area contributed by atoms with E-state index in [1.165, 1.54) is 0 Å². The molecule has 144 valence electrons. The van der Waals surface area contributed by atoms with Gasteiger partial charge >= 0.3 is 6.03 Å². The molecule has 1 atom stereocenters. The lowest BCUT2D eigenvalue weighted by molar-refractivity contribution is -0.134. The van der Waals surface area contributed by atoms with Crippen molar-refractivity contribution in [3.8, 4) is 0 Å². The standard InChI is InChI=1S/C21H21N3O3S/c1-28-16-9-4-8-15(12-16)22-18(25)13-24-19(26)21(23-20(24)27)11-5-7-14-6-2-3-10-17(14)21/h2-4,6,8-10,12H,5,7,11,13H2,1H3,(H,22,25)(H,23,27). The van der Waals surface area contributed by atoms with Gasteiger partial charge in [-0.3, -0.25) is 14.5 Å². The van der Waals surface area contributed by atoms with Crippen molar-refractivity contribution in [2.24, 2.45) is 0 Å². The van der Waals surface area contributed by atoms with E-state index in [0.717, 1.165) is 33.8 Å². The number of nitrogens with one attached hydrogen (secondary N) is 2. The molecule has 1 spiro atoms. The number of benzene rings is 2. The minimum absolute atomic E-state index is 0.307. The topological polar surface area (TPSA) is 78.5 Å². The summed E-state index contributed by atoms with van der Waals surface area (Å²) in [5.74, 6) is -0.749. The van der Waals surface area contributed by atoms with E-state index in [0.29, 0.717) is 12.1 Å². The first-order chi connectivity index (χ1) is 13.5. The first-order valence-corrected chi connectivity index (χ1v) is 10.4. The summed E-state index contributed by atoms with van der Waals surface area (Å²) in [5, 5.41) is 5.64. The molecule has 2 aromatic rings. The Morgan fingerprint density at radius 3 is 2.86 bits per heavy atom. The van der Waals surface area contributed by atoms with Crippen LogP contribution in [0.5, 0.6) is 0 Å². The number of hydrogen-bond acceptors (Lipinski definition) is 4. The summed E-state index contributed by atoms with van der Waals surface area (Å²) in [5.41, 5.74) is 1.50. The van der Waals surface area contributed by atoms with Gasteiger partial charge in [0.05, 0.1) is 0 Å². The summed E-state index contributed by atoms with van der Waals surface area (Å²) in [7, 11) is 0. The van der Waals surface area contributed by atoms with Crippen molar-refractivity contribution in [1.29, 1.82) is 0 Å². The van der Waals surface area contributed by atoms with Crippen LogP contribution in [0.4, 0.5) is 10.5 Å². The van der Waals surface area contributed by atoms with Crippen molar-refractivity contribution >= 4 is 35.3 Å². The van der Waals surface area contributed by atoms with Gasteiger partial charge in [0.2, 0.25) is 5.91 Å². The quantitative estimate of drug-likeness (QED) is 0.616. The van der Waals surface area contributed by atoms with Gasteiger partial charge in [-0.25, -0.2) is 4.79 Å². The summed E-state index contributed by atoms with van der Waals surface area (Å²) >= 11 is 1.57. The van der Waals surface area contributed by atoms with Crippen LogP contribution >= 0.6 is 11.8 Å². The highest BCUT2D eigenvalue weighted by atomic mass is 32.2. The second-order valence-electron chi connectivity index (χ2n) is 7.02. The predicted octanol–water partition coefficient (Wildman–Crippen LogP) is 3.13. The molecular weight excluding hydrogens is 374 g/mol. The maximum absolute atomic E-state index is 13.2. The van der Waals surface area contributed by atoms with Crippen LogP contribution in [-0.2, 0) is 21.5 Å². The number of carbonyl (C=O) groups is 3. The van der Waals surface area contributed by atoms with Crippen molar-refractivity contribution < 1.29 is 14.4 Å². The molecule has 1 heterocycles. The van der Waals surface area contributed by atoms with Crippen LogP contribution < -0.4 is 10.6 Å². The third kappa shape index (κ3) is 3.16. The van der Waals surface area contributed by atoms with E-state index in [-0.39, 0.29) is 12.5 Å². The minimum atomic E-state index is -1.05. The SMILES string of the molecule is CSc1cccc(NC(=O)CN2C(=O)NC3(CCCc4ccccc43)C2=O)c1. The first kappa shape index (κ1) is 18.6. The van der Waals surface area contributed by atoms with E-state index < -0.39 is 17.5 Å². The molecule has 4 rings (SSSR count). The zero-order valence-corrected chi connectivity index (χ0v) is 16.3. The molecule has 1 aliphatic carbocycles. The number of amides is 4. The van der Waals surface area contributed by atoms with E-state index in [4.69, 9.17) is 0 Å². The molecule has 0 bridgehead atoms. The van der Waals surface area contributed by atoms with Crippen LogP contribution in [0.3, 0.4) is 0 Å². The average Bonchev–Trinajstić information content (AvgIpc) is 2.93. The van der Waals surface area contributed by atoms with Gasteiger partial charge in [-0.15, -0.1) is 11.8 Å². The molecule has 7 heteroatoms. The van der Waals surface area contributed by atoms with E-state index in [1.54, 1.807) is 17.8 Å². The summed E-state index contributed by atoms with van der Waals surface area (Å²) in [6, 6.07) is 14.6. The van der Waals surface area contributed by atoms with Crippen LogP contribution in [-0.4, -0.2) is 35.5 Å². The zero-order valence-electron chi connectivity index (χ0n) is 15.5. The number of hydrogen-bond donors (Lipinski definition) is 2. The summed E-state index contributed by atoms with van der Waals surface area (Å²) in [4.78, 5) is 40.3.